The first kappa shape index (κ1) is 11.2. The SMILES string of the molecule is Cn1cc(CN)c(NC(=O)c2cncnc2)n1. The lowest BCUT2D eigenvalue weighted by atomic mass is 10.3. The highest BCUT2D eigenvalue weighted by atomic mass is 16.1. The summed E-state index contributed by atoms with van der Waals surface area (Å²) in [5.41, 5.74) is 6.70. The lowest BCUT2D eigenvalue weighted by molar-refractivity contribution is 0.102. The minimum Gasteiger partial charge on any atom is -0.326 e. The van der Waals surface area contributed by atoms with Gasteiger partial charge in [0.05, 0.1) is 5.56 Å². The van der Waals surface area contributed by atoms with E-state index >= 15 is 0 Å². The number of aryl methyl sites for hydroxylation is 1. The van der Waals surface area contributed by atoms with Crippen molar-refractivity contribution in [3.8, 4) is 0 Å². The molecule has 0 unspecified atom stereocenters. The maximum absolute atomic E-state index is 11.8. The lowest BCUT2D eigenvalue weighted by Crippen LogP contribution is -2.14. The molecule has 0 bridgehead atoms. The quantitative estimate of drug-likeness (QED) is 0.771. The molecule has 17 heavy (non-hydrogen) atoms. The average Bonchev–Trinajstić information content (AvgIpc) is 2.70. The third kappa shape index (κ3) is 2.45. The van der Waals surface area contributed by atoms with E-state index in [1.54, 1.807) is 17.9 Å². The molecule has 0 aliphatic carbocycles. The number of rotatable bonds is 3. The number of nitrogens with one attached hydrogen (secondary N) is 1. The fraction of sp³-hybridized carbons (Fsp3) is 0.200. The zero-order valence-corrected chi connectivity index (χ0v) is 9.29. The third-order valence-electron chi connectivity index (χ3n) is 2.18. The van der Waals surface area contributed by atoms with E-state index < -0.39 is 0 Å². The van der Waals surface area contributed by atoms with Gasteiger partial charge in [-0.2, -0.15) is 5.10 Å². The van der Waals surface area contributed by atoms with Crippen molar-refractivity contribution >= 4 is 11.7 Å². The second-order valence-electron chi connectivity index (χ2n) is 3.46. The van der Waals surface area contributed by atoms with Gasteiger partial charge in [0.1, 0.15) is 6.33 Å². The molecule has 0 aromatic carbocycles. The number of hydrogen-bond acceptors (Lipinski definition) is 5. The molecule has 0 spiro atoms. The van der Waals surface area contributed by atoms with Crippen LogP contribution in [0.5, 0.6) is 0 Å². The summed E-state index contributed by atoms with van der Waals surface area (Å²) >= 11 is 0. The number of carbonyl (C=O) groups is 1. The van der Waals surface area contributed by atoms with Gasteiger partial charge in [-0.05, 0) is 0 Å². The van der Waals surface area contributed by atoms with E-state index in [1.165, 1.54) is 18.7 Å². The Labute approximate surface area is 97.7 Å². The van der Waals surface area contributed by atoms with E-state index in [2.05, 4.69) is 20.4 Å². The first-order valence-corrected chi connectivity index (χ1v) is 4.99. The van der Waals surface area contributed by atoms with Crippen molar-refractivity contribution in [1.82, 2.24) is 19.7 Å². The van der Waals surface area contributed by atoms with Crippen LogP contribution in [0.4, 0.5) is 5.82 Å². The molecule has 0 atom stereocenters. The first-order valence-electron chi connectivity index (χ1n) is 4.99. The van der Waals surface area contributed by atoms with Crippen LogP contribution in [0.3, 0.4) is 0 Å². The summed E-state index contributed by atoms with van der Waals surface area (Å²) in [4.78, 5) is 19.4. The molecular weight excluding hydrogens is 220 g/mol. The van der Waals surface area contributed by atoms with Crippen molar-refractivity contribution < 1.29 is 4.79 Å². The Bertz CT molecular complexity index is 521. The van der Waals surface area contributed by atoms with Crippen LogP contribution in [-0.4, -0.2) is 25.7 Å². The molecular formula is C10H12N6O. The second-order valence-corrected chi connectivity index (χ2v) is 3.46. The number of hydrogen-bond donors (Lipinski definition) is 2. The standard InChI is InChI=1S/C10H12N6O/c1-16-5-7(2-11)9(15-16)14-10(17)8-3-12-6-13-4-8/h3-6H,2,11H2,1H3,(H,14,15,17). The van der Waals surface area contributed by atoms with Gasteiger partial charge in [0.25, 0.3) is 5.91 Å². The monoisotopic (exact) mass is 232 g/mol. The molecule has 1 amide bonds. The van der Waals surface area contributed by atoms with Gasteiger partial charge in [0, 0.05) is 37.7 Å². The van der Waals surface area contributed by atoms with Gasteiger partial charge in [0.15, 0.2) is 5.82 Å². The van der Waals surface area contributed by atoms with Crippen molar-refractivity contribution in [2.45, 2.75) is 6.54 Å². The van der Waals surface area contributed by atoms with Gasteiger partial charge >= 0.3 is 0 Å². The first-order chi connectivity index (χ1) is 8.20. The maximum atomic E-state index is 11.8. The lowest BCUT2D eigenvalue weighted by Gasteiger charge is -2.02. The minimum absolute atomic E-state index is 0.306. The molecule has 2 rings (SSSR count). The van der Waals surface area contributed by atoms with Gasteiger partial charge in [-0.15, -0.1) is 0 Å². The van der Waals surface area contributed by atoms with Gasteiger partial charge in [-0.25, -0.2) is 9.97 Å². The molecule has 0 saturated carbocycles. The number of carbonyl (C=O) groups excluding carboxylic acids is 1. The Morgan fingerprint density at radius 2 is 2.18 bits per heavy atom. The summed E-state index contributed by atoms with van der Waals surface area (Å²) in [6, 6.07) is 0. The fourth-order valence-corrected chi connectivity index (χ4v) is 1.39. The molecule has 2 aromatic rings. The molecule has 0 fully saturated rings. The van der Waals surface area contributed by atoms with Crippen molar-refractivity contribution in [2.75, 3.05) is 5.32 Å². The molecule has 3 N–H and O–H groups in total. The third-order valence-corrected chi connectivity index (χ3v) is 2.18. The second kappa shape index (κ2) is 4.71. The summed E-state index contributed by atoms with van der Waals surface area (Å²) in [6.45, 7) is 0.314. The highest BCUT2D eigenvalue weighted by Crippen LogP contribution is 2.12. The van der Waals surface area contributed by atoms with E-state index in [4.69, 9.17) is 5.73 Å². The highest BCUT2D eigenvalue weighted by molar-refractivity contribution is 6.03. The van der Waals surface area contributed by atoms with E-state index in [9.17, 15) is 4.79 Å². The molecule has 0 saturated heterocycles. The van der Waals surface area contributed by atoms with Gasteiger partial charge in [0.2, 0.25) is 0 Å². The van der Waals surface area contributed by atoms with Gasteiger partial charge in [-0.3, -0.25) is 9.48 Å². The van der Waals surface area contributed by atoms with E-state index in [0.717, 1.165) is 5.56 Å². The predicted molar refractivity (Wildman–Crippen MR) is 61.1 cm³/mol. The van der Waals surface area contributed by atoms with Crippen molar-refractivity contribution in [3.05, 3.63) is 36.0 Å². The van der Waals surface area contributed by atoms with Crippen LogP contribution in [0, 0.1) is 0 Å². The summed E-state index contributed by atoms with van der Waals surface area (Å²) in [5, 5.41) is 6.78. The van der Waals surface area contributed by atoms with E-state index in [-0.39, 0.29) is 5.91 Å². The summed E-state index contributed by atoms with van der Waals surface area (Å²) in [5.74, 6) is 0.155. The Kier molecular flexibility index (Phi) is 3.10. The number of aromatic nitrogens is 4. The molecule has 7 nitrogen and oxygen atoms in total. The predicted octanol–water partition coefficient (Wildman–Crippen LogP) is -0.0789. The molecule has 2 aromatic heterocycles. The number of nitrogens with two attached hydrogens (primary N) is 1. The zero-order chi connectivity index (χ0) is 12.3. The molecule has 0 radical (unpaired) electrons. The van der Waals surface area contributed by atoms with Crippen molar-refractivity contribution in [2.24, 2.45) is 12.8 Å². The maximum Gasteiger partial charge on any atom is 0.260 e. The number of nitrogens with zero attached hydrogens (tertiary/aromatic N) is 4. The fourth-order valence-electron chi connectivity index (χ4n) is 1.39. The molecule has 88 valence electrons. The van der Waals surface area contributed by atoms with Gasteiger partial charge < -0.3 is 11.1 Å². The zero-order valence-electron chi connectivity index (χ0n) is 9.29. The van der Waals surface area contributed by atoms with Crippen molar-refractivity contribution in [1.29, 1.82) is 0 Å². The van der Waals surface area contributed by atoms with E-state index in [1.807, 2.05) is 0 Å². The van der Waals surface area contributed by atoms with Crippen LogP contribution in [0.25, 0.3) is 0 Å². The minimum atomic E-state index is -0.306. The number of amides is 1. The normalized spacial score (nSPS) is 10.2. The molecule has 2 heterocycles. The van der Waals surface area contributed by atoms with E-state index in [0.29, 0.717) is 17.9 Å². The highest BCUT2D eigenvalue weighted by Gasteiger charge is 2.11. The van der Waals surface area contributed by atoms with Crippen LogP contribution >= 0.6 is 0 Å². The summed E-state index contributed by atoms with van der Waals surface area (Å²) < 4.78 is 1.60. The molecule has 0 aliphatic rings. The summed E-state index contributed by atoms with van der Waals surface area (Å²) in [6.07, 6.45) is 6.00. The Balaban J connectivity index is 2.18. The van der Waals surface area contributed by atoms with Crippen LogP contribution in [0.2, 0.25) is 0 Å². The largest absolute Gasteiger partial charge is 0.326 e. The van der Waals surface area contributed by atoms with Crippen LogP contribution in [-0.2, 0) is 13.6 Å². The Morgan fingerprint density at radius 3 is 2.82 bits per heavy atom. The smallest absolute Gasteiger partial charge is 0.260 e. The molecule has 0 aliphatic heterocycles. The van der Waals surface area contributed by atoms with Crippen LogP contribution in [0.15, 0.2) is 24.9 Å². The number of anilines is 1. The van der Waals surface area contributed by atoms with Crippen molar-refractivity contribution in [3.63, 3.8) is 0 Å². The topological polar surface area (TPSA) is 98.7 Å². The van der Waals surface area contributed by atoms with Crippen LogP contribution in [0.1, 0.15) is 15.9 Å². The summed E-state index contributed by atoms with van der Waals surface area (Å²) in [7, 11) is 1.76. The molecule has 7 heteroatoms. The Hall–Kier alpha value is -2.28. The Morgan fingerprint density at radius 1 is 1.47 bits per heavy atom. The van der Waals surface area contributed by atoms with Gasteiger partial charge in [-0.1, -0.05) is 0 Å². The van der Waals surface area contributed by atoms with Crippen LogP contribution < -0.4 is 11.1 Å². The average molecular weight is 232 g/mol.